The van der Waals surface area contributed by atoms with E-state index in [0.717, 1.165) is 28.9 Å². The highest BCUT2D eigenvalue weighted by Crippen LogP contribution is 2.24. The average molecular weight is 327 g/mol. The molecule has 23 heavy (non-hydrogen) atoms. The van der Waals surface area contributed by atoms with E-state index in [1.165, 1.54) is 24.6 Å². The Morgan fingerprint density at radius 1 is 1.30 bits per heavy atom. The third kappa shape index (κ3) is 2.88. The number of para-hydroxylation sites is 2. The van der Waals surface area contributed by atoms with Gasteiger partial charge in [-0.15, -0.1) is 10.2 Å². The lowest BCUT2D eigenvalue weighted by Gasteiger charge is -2.11. The summed E-state index contributed by atoms with van der Waals surface area (Å²) >= 11 is 1.41. The number of amides is 1. The summed E-state index contributed by atoms with van der Waals surface area (Å²) in [7, 11) is 0. The first-order chi connectivity index (χ1) is 11.3. The molecule has 0 spiro atoms. The second kappa shape index (κ2) is 6.16. The van der Waals surface area contributed by atoms with Crippen LogP contribution in [-0.2, 0) is 4.79 Å². The first kappa shape index (κ1) is 14.4. The number of nitrogens with one attached hydrogen (secondary N) is 1. The van der Waals surface area contributed by atoms with Gasteiger partial charge in [0.05, 0.1) is 16.8 Å². The Kier molecular flexibility index (Phi) is 3.87. The molecule has 1 amide bonds. The quantitative estimate of drug-likeness (QED) is 0.745. The summed E-state index contributed by atoms with van der Waals surface area (Å²) in [6, 6.07) is 8.20. The van der Waals surface area contributed by atoms with Crippen LogP contribution < -0.4 is 5.32 Å². The summed E-state index contributed by atoms with van der Waals surface area (Å²) in [4.78, 5) is 16.7. The zero-order valence-corrected chi connectivity index (χ0v) is 13.4. The van der Waals surface area contributed by atoms with Crippen molar-refractivity contribution in [2.24, 2.45) is 0 Å². The minimum absolute atomic E-state index is 0.0644. The zero-order chi connectivity index (χ0) is 15.6. The van der Waals surface area contributed by atoms with Gasteiger partial charge in [-0.1, -0.05) is 36.7 Å². The standard InChI is InChI=1S/C16H17N5OS/c22-14(18-11-5-1-2-6-11)9-23-16-15-20-17-10-21(15)13-8-4-3-7-12(13)19-16/h3-4,7-8,10-11H,1-2,5-6,9H2,(H,18,22). The number of hydrogen-bond donors (Lipinski definition) is 1. The molecule has 6 nitrogen and oxygen atoms in total. The van der Waals surface area contributed by atoms with E-state index in [4.69, 9.17) is 0 Å². The van der Waals surface area contributed by atoms with Crippen molar-refractivity contribution in [3.05, 3.63) is 30.6 Å². The lowest BCUT2D eigenvalue weighted by atomic mass is 10.2. The Bertz CT molecular complexity index is 856. The van der Waals surface area contributed by atoms with Gasteiger partial charge in [0, 0.05) is 6.04 Å². The summed E-state index contributed by atoms with van der Waals surface area (Å²) in [6.45, 7) is 0. The molecule has 1 aliphatic rings. The van der Waals surface area contributed by atoms with Crippen molar-refractivity contribution < 1.29 is 4.79 Å². The fraction of sp³-hybridized carbons (Fsp3) is 0.375. The number of thioether (sulfide) groups is 1. The van der Waals surface area contributed by atoms with Gasteiger partial charge < -0.3 is 5.32 Å². The first-order valence-corrected chi connectivity index (χ1v) is 8.80. The Labute approximate surface area is 137 Å². The lowest BCUT2D eigenvalue weighted by molar-refractivity contribution is -0.119. The molecule has 1 aromatic carbocycles. The maximum Gasteiger partial charge on any atom is 0.230 e. The minimum atomic E-state index is 0.0644. The summed E-state index contributed by atoms with van der Waals surface area (Å²) in [6.07, 6.45) is 6.30. The maximum absolute atomic E-state index is 12.1. The van der Waals surface area contributed by atoms with Crippen LogP contribution in [0, 0.1) is 0 Å². The van der Waals surface area contributed by atoms with Gasteiger partial charge in [-0.05, 0) is 25.0 Å². The van der Waals surface area contributed by atoms with Crippen molar-refractivity contribution in [2.45, 2.75) is 36.8 Å². The van der Waals surface area contributed by atoms with Crippen LogP contribution in [-0.4, -0.2) is 37.3 Å². The Balaban J connectivity index is 1.55. The van der Waals surface area contributed by atoms with E-state index in [1.54, 1.807) is 6.33 Å². The largest absolute Gasteiger partial charge is 0.353 e. The Hall–Kier alpha value is -2.15. The second-order valence-electron chi connectivity index (χ2n) is 5.77. The highest BCUT2D eigenvalue weighted by atomic mass is 32.2. The molecular formula is C16H17N5OS. The molecule has 0 bridgehead atoms. The number of nitrogens with zero attached hydrogens (tertiary/aromatic N) is 4. The van der Waals surface area contributed by atoms with E-state index >= 15 is 0 Å². The molecule has 0 atom stereocenters. The fourth-order valence-electron chi connectivity index (χ4n) is 3.05. The van der Waals surface area contributed by atoms with Crippen molar-refractivity contribution in [1.82, 2.24) is 24.9 Å². The number of hydrogen-bond acceptors (Lipinski definition) is 5. The van der Waals surface area contributed by atoms with E-state index in [-0.39, 0.29) is 5.91 Å². The maximum atomic E-state index is 12.1. The van der Waals surface area contributed by atoms with E-state index in [9.17, 15) is 4.79 Å². The average Bonchev–Trinajstić information content (AvgIpc) is 3.24. The molecular weight excluding hydrogens is 310 g/mol. The van der Waals surface area contributed by atoms with Crippen LogP contribution in [0.25, 0.3) is 16.7 Å². The minimum Gasteiger partial charge on any atom is -0.353 e. The van der Waals surface area contributed by atoms with E-state index in [0.29, 0.717) is 17.4 Å². The third-order valence-electron chi connectivity index (χ3n) is 4.16. The van der Waals surface area contributed by atoms with Crippen LogP contribution in [0.3, 0.4) is 0 Å². The highest BCUT2D eigenvalue weighted by Gasteiger charge is 2.18. The van der Waals surface area contributed by atoms with Gasteiger partial charge in [-0.2, -0.15) is 0 Å². The van der Waals surface area contributed by atoms with E-state index in [1.807, 2.05) is 28.7 Å². The third-order valence-corrected chi connectivity index (χ3v) is 5.12. The SMILES string of the molecule is O=C(CSc1nc2ccccc2n2cnnc12)NC1CCCC1. The molecule has 0 aliphatic heterocycles. The monoisotopic (exact) mass is 327 g/mol. The Morgan fingerprint density at radius 3 is 3.00 bits per heavy atom. The smallest absolute Gasteiger partial charge is 0.230 e. The van der Waals surface area contributed by atoms with Gasteiger partial charge >= 0.3 is 0 Å². The van der Waals surface area contributed by atoms with Gasteiger partial charge in [-0.3, -0.25) is 9.20 Å². The molecule has 7 heteroatoms. The van der Waals surface area contributed by atoms with E-state index < -0.39 is 0 Å². The second-order valence-corrected chi connectivity index (χ2v) is 6.73. The zero-order valence-electron chi connectivity index (χ0n) is 12.6. The molecule has 0 radical (unpaired) electrons. The first-order valence-electron chi connectivity index (χ1n) is 7.82. The van der Waals surface area contributed by atoms with Crippen LogP contribution in [0.15, 0.2) is 35.6 Å². The predicted molar refractivity (Wildman–Crippen MR) is 89.4 cm³/mol. The van der Waals surface area contributed by atoms with Gasteiger partial charge in [-0.25, -0.2) is 4.98 Å². The summed E-state index contributed by atoms with van der Waals surface area (Å²) in [5.41, 5.74) is 2.54. The lowest BCUT2D eigenvalue weighted by Crippen LogP contribution is -2.33. The molecule has 4 rings (SSSR count). The molecule has 3 aromatic rings. The topological polar surface area (TPSA) is 72.2 Å². The van der Waals surface area contributed by atoms with Crippen molar-refractivity contribution in [2.75, 3.05) is 5.75 Å². The van der Waals surface area contributed by atoms with Crippen LogP contribution >= 0.6 is 11.8 Å². The summed E-state index contributed by atoms with van der Waals surface area (Å²) in [5.74, 6) is 0.416. The molecule has 0 saturated heterocycles. The molecule has 1 aliphatic carbocycles. The number of fused-ring (bicyclic) bond motifs is 3. The number of aromatic nitrogens is 4. The van der Waals surface area contributed by atoms with Gasteiger partial charge in [0.25, 0.3) is 0 Å². The van der Waals surface area contributed by atoms with Crippen molar-refractivity contribution in [3.63, 3.8) is 0 Å². The molecule has 1 saturated carbocycles. The van der Waals surface area contributed by atoms with Crippen LogP contribution in [0.5, 0.6) is 0 Å². The molecule has 2 heterocycles. The van der Waals surface area contributed by atoms with Crippen molar-refractivity contribution >= 4 is 34.3 Å². The number of carbonyl (C=O) groups excluding carboxylic acids is 1. The van der Waals surface area contributed by atoms with Gasteiger partial charge in [0.15, 0.2) is 5.65 Å². The fourth-order valence-corrected chi connectivity index (χ4v) is 3.83. The number of carbonyl (C=O) groups is 1. The van der Waals surface area contributed by atoms with Gasteiger partial charge in [0.1, 0.15) is 11.4 Å². The van der Waals surface area contributed by atoms with Crippen molar-refractivity contribution in [3.8, 4) is 0 Å². The summed E-state index contributed by atoms with van der Waals surface area (Å²) in [5, 5.41) is 12.0. The van der Waals surface area contributed by atoms with Crippen LogP contribution in [0.1, 0.15) is 25.7 Å². The number of benzene rings is 1. The molecule has 118 valence electrons. The van der Waals surface area contributed by atoms with Crippen molar-refractivity contribution in [1.29, 1.82) is 0 Å². The summed E-state index contributed by atoms with van der Waals surface area (Å²) < 4.78 is 1.92. The molecule has 1 fully saturated rings. The van der Waals surface area contributed by atoms with Crippen LogP contribution in [0.4, 0.5) is 0 Å². The Morgan fingerprint density at radius 2 is 2.13 bits per heavy atom. The highest BCUT2D eigenvalue weighted by molar-refractivity contribution is 8.00. The molecule has 0 unspecified atom stereocenters. The number of rotatable bonds is 4. The van der Waals surface area contributed by atoms with Crippen LogP contribution in [0.2, 0.25) is 0 Å². The predicted octanol–water partition coefficient (Wildman–Crippen LogP) is 2.43. The van der Waals surface area contributed by atoms with Gasteiger partial charge in [0.2, 0.25) is 5.91 Å². The molecule has 1 N–H and O–H groups in total. The molecule has 2 aromatic heterocycles. The normalized spacial score (nSPS) is 15.5. The van der Waals surface area contributed by atoms with E-state index in [2.05, 4.69) is 20.5 Å².